The van der Waals surface area contributed by atoms with E-state index in [2.05, 4.69) is 20.6 Å². The lowest BCUT2D eigenvalue weighted by Gasteiger charge is -2.07. The van der Waals surface area contributed by atoms with Crippen molar-refractivity contribution in [3.8, 4) is 0 Å². The third-order valence-corrected chi connectivity index (χ3v) is 4.42. The van der Waals surface area contributed by atoms with Gasteiger partial charge in [0.2, 0.25) is 5.91 Å². The van der Waals surface area contributed by atoms with E-state index in [1.165, 1.54) is 5.56 Å². The van der Waals surface area contributed by atoms with Gasteiger partial charge in [0.15, 0.2) is 0 Å². The van der Waals surface area contributed by atoms with Crippen LogP contribution in [0.2, 0.25) is 0 Å². The largest absolute Gasteiger partial charge is 0.350 e. The van der Waals surface area contributed by atoms with Gasteiger partial charge < -0.3 is 15.6 Å². The third-order valence-electron chi connectivity index (χ3n) is 4.42. The van der Waals surface area contributed by atoms with Crippen LogP contribution in [0.15, 0.2) is 42.5 Å². The number of aryl methyl sites for hydroxylation is 2. The number of carbonyl (C=O) groups is 2. The van der Waals surface area contributed by atoms with Crippen molar-refractivity contribution < 1.29 is 9.59 Å². The summed E-state index contributed by atoms with van der Waals surface area (Å²) in [6.07, 6.45) is 2.07. The first-order valence-corrected chi connectivity index (χ1v) is 9.63. The zero-order valence-electron chi connectivity index (χ0n) is 16.5. The number of carbonyl (C=O) groups excluding carboxylic acids is 2. The van der Waals surface area contributed by atoms with Gasteiger partial charge in [-0.3, -0.25) is 9.59 Å². The first kappa shape index (κ1) is 19.6. The number of imidazole rings is 1. The molecule has 0 atom stereocenters. The number of hydrogen-bond acceptors (Lipinski definition) is 3. The van der Waals surface area contributed by atoms with E-state index in [0.29, 0.717) is 12.0 Å². The van der Waals surface area contributed by atoms with E-state index in [-0.39, 0.29) is 17.9 Å². The van der Waals surface area contributed by atoms with Crippen molar-refractivity contribution in [1.29, 1.82) is 0 Å². The van der Waals surface area contributed by atoms with Crippen LogP contribution >= 0.6 is 0 Å². The molecule has 0 unspecified atom stereocenters. The second-order valence-corrected chi connectivity index (χ2v) is 7.14. The fourth-order valence-corrected chi connectivity index (χ4v) is 2.93. The van der Waals surface area contributed by atoms with Gasteiger partial charge in [0.1, 0.15) is 5.82 Å². The van der Waals surface area contributed by atoms with Gasteiger partial charge >= 0.3 is 0 Å². The van der Waals surface area contributed by atoms with Gasteiger partial charge in [-0.25, -0.2) is 4.98 Å². The van der Waals surface area contributed by atoms with E-state index in [0.717, 1.165) is 35.4 Å². The molecule has 3 aromatic rings. The van der Waals surface area contributed by atoms with E-state index in [1.54, 1.807) is 6.07 Å². The van der Waals surface area contributed by atoms with E-state index < -0.39 is 0 Å². The number of H-pyrrole nitrogens is 1. The number of benzene rings is 2. The van der Waals surface area contributed by atoms with Gasteiger partial charge in [-0.05, 0) is 56.2 Å². The van der Waals surface area contributed by atoms with E-state index in [1.807, 2.05) is 57.2 Å². The Morgan fingerprint density at radius 2 is 1.82 bits per heavy atom. The SMILES string of the molecule is CCC(=O)Nc1ccc(CCc2nc3ccc(C(=O)NC(C)C)cc3[nH]2)cc1. The lowest BCUT2D eigenvalue weighted by molar-refractivity contribution is -0.115. The van der Waals surface area contributed by atoms with Crippen LogP contribution in [-0.2, 0) is 17.6 Å². The van der Waals surface area contributed by atoms with Crippen molar-refractivity contribution in [2.45, 2.75) is 46.1 Å². The normalized spacial score (nSPS) is 11.0. The lowest BCUT2D eigenvalue weighted by Crippen LogP contribution is -2.29. The van der Waals surface area contributed by atoms with Crippen molar-refractivity contribution in [2.24, 2.45) is 0 Å². The summed E-state index contributed by atoms with van der Waals surface area (Å²) in [6, 6.07) is 13.5. The van der Waals surface area contributed by atoms with Crippen LogP contribution in [0.25, 0.3) is 11.0 Å². The number of nitrogens with zero attached hydrogens (tertiary/aromatic N) is 1. The summed E-state index contributed by atoms with van der Waals surface area (Å²) in [5, 5.41) is 5.74. The molecular weight excluding hydrogens is 352 g/mol. The minimum Gasteiger partial charge on any atom is -0.350 e. The predicted octanol–water partition coefficient (Wildman–Crippen LogP) is 3.83. The average molecular weight is 378 g/mol. The van der Waals surface area contributed by atoms with Crippen molar-refractivity contribution in [1.82, 2.24) is 15.3 Å². The number of amides is 2. The summed E-state index contributed by atoms with van der Waals surface area (Å²) in [5.74, 6) is 0.819. The summed E-state index contributed by atoms with van der Waals surface area (Å²) in [5.41, 5.74) is 4.33. The molecule has 0 saturated heterocycles. The highest BCUT2D eigenvalue weighted by Gasteiger charge is 2.10. The van der Waals surface area contributed by atoms with Gasteiger partial charge in [0.05, 0.1) is 11.0 Å². The molecule has 6 nitrogen and oxygen atoms in total. The molecule has 1 aromatic heterocycles. The van der Waals surface area contributed by atoms with E-state index in [9.17, 15) is 9.59 Å². The van der Waals surface area contributed by atoms with Gasteiger partial charge in [-0.15, -0.1) is 0 Å². The first-order chi connectivity index (χ1) is 13.4. The first-order valence-electron chi connectivity index (χ1n) is 9.63. The molecular formula is C22H26N4O2. The molecule has 0 aliphatic heterocycles. The Balaban J connectivity index is 1.64. The molecule has 0 radical (unpaired) electrons. The monoisotopic (exact) mass is 378 g/mol. The van der Waals surface area contributed by atoms with Crippen LogP contribution in [-0.4, -0.2) is 27.8 Å². The van der Waals surface area contributed by atoms with Crippen LogP contribution in [0, 0.1) is 0 Å². The molecule has 0 spiro atoms. The van der Waals surface area contributed by atoms with E-state index >= 15 is 0 Å². The van der Waals surface area contributed by atoms with Gasteiger partial charge in [0, 0.05) is 30.1 Å². The number of hydrogen-bond donors (Lipinski definition) is 3. The standard InChI is InChI=1S/C22H26N4O2/c1-4-21(27)24-17-9-5-15(6-10-17)7-12-20-25-18-11-8-16(13-19(18)26-20)22(28)23-14(2)3/h5-6,8-11,13-14H,4,7,12H2,1-3H3,(H,23,28)(H,24,27)(H,25,26). The molecule has 2 amide bonds. The molecule has 3 rings (SSSR count). The Hall–Kier alpha value is -3.15. The second-order valence-electron chi connectivity index (χ2n) is 7.14. The molecule has 6 heteroatoms. The Bertz CT molecular complexity index is 974. The molecule has 1 heterocycles. The summed E-state index contributed by atoms with van der Waals surface area (Å²) in [6.45, 7) is 5.71. The molecule has 0 fully saturated rings. The second kappa shape index (κ2) is 8.69. The highest BCUT2D eigenvalue weighted by molar-refractivity contribution is 5.97. The minimum atomic E-state index is -0.0803. The maximum atomic E-state index is 12.2. The highest BCUT2D eigenvalue weighted by atomic mass is 16.2. The van der Waals surface area contributed by atoms with Crippen LogP contribution in [0.1, 0.15) is 48.9 Å². The summed E-state index contributed by atoms with van der Waals surface area (Å²) in [7, 11) is 0. The Labute approximate surface area is 164 Å². The van der Waals surface area contributed by atoms with Crippen molar-refractivity contribution in [2.75, 3.05) is 5.32 Å². The molecule has 0 bridgehead atoms. The fourth-order valence-electron chi connectivity index (χ4n) is 2.93. The number of fused-ring (bicyclic) bond motifs is 1. The topological polar surface area (TPSA) is 86.9 Å². The van der Waals surface area contributed by atoms with Crippen molar-refractivity contribution in [3.63, 3.8) is 0 Å². The zero-order chi connectivity index (χ0) is 20.1. The smallest absolute Gasteiger partial charge is 0.251 e. The van der Waals surface area contributed by atoms with Crippen LogP contribution in [0.4, 0.5) is 5.69 Å². The predicted molar refractivity (Wildman–Crippen MR) is 111 cm³/mol. The molecule has 0 aliphatic rings. The quantitative estimate of drug-likeness (QED) is 0.584. The molecule has 0 aliphatic carbocycles. The fraction of sp³-hybridized carbons (Fsp3) is 0.318. The Morgan fingerprint density at radius 1 is 1.07 bits per heavy atom. The maximum absolute atomic E-state index is 12.2. The van der Waals surface area contributed by atoms with Crippen LogP contribution < -0.4 is 10.6 Å². The van der Waals surface area contributed by atoms with Crippen molar-refractivity contribution in [3.05, 3.63) is 59.4 Å². The molecule has 28 heavy (non-hydrogen) atoms. The molecule has 2 aromatic carbocycles. The van der Waals surface area contributed by atoms with Crippen LogP contribution in [0.3, 0.4) is 0 Å². The number of aromatic amines is 1. The lowest BCUT2D eigenvalue weighted by atomic mass is 10.1. The van der Waals surface area contributed by atoms with Crippen LogP contribution in [0.5, 0.6) is 0 Å². The van der Waals surface area contributed by atoms with Gasteiger partial charge in [-0.1, -0.05) is 19.1 Å². The summed E-state index contributed by atoms with van der Waals surface area (Å²) < 4.78 is 0. The van der Waals surface area contributed by atoms with Crippen molar-refractivity contribution >= 4 is 28.5 Å². The zero-order valence-corrected chi connectivity index (χ0v) is 16.5. The number of aromatic nitrogens is 2. The molecule has 0 saturated carbocycles. The highest BCUT2D eigenvalue weighted by Crippen LogP contribution is 2.16. The number of nitrogens with one attached hydrogen (secondary N) is 3. The summed E-state index contributed by atoms with van der Waals surface area (Å²) >= 11 is 0. The Kier molecular flexibility index (Phi) is 6.09. The number of rotatable bonds is 7. The maximum Gasteiger partial charge on any atom is 0.251 e. The third kappa shape index (κ3) is 4.97. The van der Waals surface area contributed by atoms with Gasteiger partial charge in [-0.2, -0.15) is 0 Å². The minimum absolute atomic E-state index is 0.0106. The number of anilines is 1. The van der Waals surface area contributed by atoms with E-state index in [4.69, 9.17) is 0 Å². The molecule has 3 N–H and O–H groups in total. The summed E-state index contributed by atoms with van der Waals surface area (Å²) in [4.78, 5) is 31.5. The van der Waals surface area contributed by atoms with Gasteiger partial charge in [0.25, 0.3) is 5.91 Å². The average Bonchev–Trinajstić information content (AvgIpc) is 3.09. The molecule has 146 valence electrons. The Morgan fingerprint density at radius 3 is 2.50 bits per heavy atom.